The summed E-state index contributed by atoms with van der Waals surface area (Å²) in [5, 5.41) is 0. The van der Waals surface area contributed by atoms with Crippen LogP contribution in [0.3, 0.4) is 0 Å². The van der Waals surface area contributed by atoms with Crippen LogP contribution in [0.4, 0.5) is 0 Å². The second kappa shape index (κ2) is 4.26. The lowest BCUT2D eigenvalue weighted by molar-refractivity contribution is 0.0727. The summed E-state index contributed by atoms with van der Waals surface area (Å²) in [6.07, 6.45) is 2.89. The first-order chi connectivity index (χ1) is 7.16. The van der Waals surface area contributed by atoms with Crippen molar-refractivity contribution in [2.45, 2.75) is 45.6 Å². The van der Waals surface area contributed by atoms with Gasteiger partial charge in [0.15, 0.2) is 0 Å². The van der Waals surface area contributed by atoms with Gasteiger partial charge in [0.2, 0.25) is 0 Å². The minimum Gasteiger partial charge on any atom is -0.490 e. The van der Waals surface area contributed by atoms with E-state index in [0.717, 1.165) is 11.7 Å². The molecule has 82 valence electrons. The van der Waals surface area contributed by atoms with Gasteiger partial charge in [-0.25, -0.2) is 0 Å². The molecule has 1 aliphatic rings. The molecule has 15 heavy (non-hydrogen) atoms. The Morgan fingerprint density at radius 2 is 1.87 bits per heavy atom. The molecule has 0 unspecified atom stereocenters. The fourth-order valence-electron chi connectivity index (χ4n) is 2.17. The second-order valence-corrected chi connectivity index (χ2v) is 5.01. The first-order valence-corrected chi connectivity index (χ1v) is 5.92. The topological polar surface area (TPSA) is 9.23 Å². The van der Waals surface area contributed by atoms with E-state index in [1.165, 1.54) is 18.4 Å². The van der Waals surface area contributed by atoms with E-state index in [4.69, 9.17) is 4.74 Å². The molecule has 0 heterocycles. The van der Waals surface area contributed by atoms with Crippen molar-refractivity contribution in [3.63, 3.8) is 0 Å². The van der Waals surface area contributed by atoms with Crippen molar-refractivity contribution < 1.29 is 4.74 Å². The van der Waals surface area contributed by atoms with E-state index in [2.05, 4.69) is 45.0 Å². The highest BCUT2D eigenvalue weighted by molar-refractivity contribution is 5.35. The van der Waals surface area contributed by atoms with Gasteiger partial charge in [0.05, 0.1) is 6.10 Å². The van der Waals surface area contributed by atoms with Crippen LogP contribution in [-0.4, -0.2) is 6.10 Å². The van der Waals surface area contributed by atoms with Crippen molar-refractivity contribution >= 4 is 0 Å². The molecule has 1 heteroatoms. The van der Waals surface area contributed by atoms with E-state index in [-0.39, 0.29) is 0 Å². The molecule has 2 rings (SSSR count). The Kier molecular flexibility index (Phi) is 2.99. The van der Waals surface area contributed by atoms with Gasteiger partial charge < -0.3 is 4.74 Å². The van der Waals surface area contributed by atoms with E-state index >= 15 is 0 Å². The van der Waals surface area contributed by atoms with Gasteiger partial charge in [-0.1, -0.05) is 39.0 Å². The van der Waals surface area contributed by atoms with E-state index in [1.54, 1.807) is 0 Å². The van der Waals surface area contributed by atoms with Crippen molar-refractivity contribution in [3.8, 4) is 5.75 Å². The maximum absolute atomic E-state index is 6.01. The van der Waals surface area contributed by atoms with E-state index in [9.17, 15) is 0 Å². The van der Waals surface area contributed by atoms with E-state index < -0.39 is 0 Å². The molecule has 0 bridgehead atoms. The van der Waals surface area contributed by atoms with E-state index in [1.807, 2.05) is 0 Å². The smallest absolute Gasteiger partial charge is 0.123 e. The molecule has 1 aliphatic carbocycles. The third kappa shape index (κ3) is 2.34. The van der Waals surface area contributed by atoms with Crippen LogP contribution in [0.5, 0.6) is 5.75 Å². The summed E-state index contributed by atoms with van der Waals surface area (Å²) in [6.45, 7) is 6.71. The Bertz CT molecular complexity index is 324. The molecule has 1 saturated carbocycles. The largest absolute Gasteiger partial charge is 0.490 e. The summed E-state index contributed by atoms with van der Waals surface area (Å²) in [4.78, 5) is 0. The van der Waals surface area contributed by atoms with Crippen LogP contribution < -0.4 is 4.74 Å². The highest BCUT2D eigenvalue weighted by atomic mass is 16.5. The number of ether oxygens (including phenoxy) is 1. The summed E-state index contributed by atoms with van der Waals surface area (Å²) in [5.41, 5.74) is 1.33. The Morgan fingerprint density at radius 3 is 2.47 bits per heavy atom. The number of rotatable bonds is 3. The number of benzene rings is 1. The van der Waals surface area contributed by atoms with Gasteiger partial charge in [0.25, 0.3) is 0 Å². The predicted molar refractivity (Wildman–Crippen MR) is 63.3 cm³/mol. The third-order valence-electron chi connectivity index (χ3n) is 3.17. The van der Waals surface area contributed by atoms with Crippen molar-refractivity contribution in [1.29, 1.82) is 0 Å². The number of hydrogen-bond donors (Lipinski definition) is 0. The summed E-state index contributed by atoms with van der Waals surface area (Å²) in [7, 11) is 0. The second-order valence-electron chi connectivity index (χ2n) is 5.01. The third-order valence-corrected chi connectivity index (χ3v) is 3.17. The van der Waals surface area contributed by atoms with Crippen LogP contribution in [0.15, 0.2) is 24.3 Å². The summed E-state index contributed by atoms with van der Waals surface area (Å²) < 4.78 is 6.01. The highest BCUT2D eigenvalue weighted by Gasteiger charge is 2.27. The first-order valence-electron chi connectivity index (χ1n) is 5.92. The molecular formula is C14H20O. The molecule has 1 nitrogen and oxygen atoms in total. The van der Waals surface area contributed by atoms with Gasteiger partial charge in [-0.05, 0) is 36.3 Å². The van der Waals surface area contributed by atoms with Crippen LogP contribution in [0.1, 0.15) is 45.1 Å². The zero-order chi connectivity index (χ0) is 10.8. The monoisotopic (exact) mass is 204 g/mol. The van der Waals surface area contributed by atoms with Gasteiger partial charge >= 0.3 is 0 Å². The fourth-order valence-corrected chi connectivity index (χ4v) is 2.17. The van der Waals surface area contributed by atoms with Crippen LogP contribution in [0, 0.1) is 5.92 Å². The normalized spacial score (nSPS) is 25.1. The van der Waals surface area contributed by atoms with Gasteiger partial charge in [-0.2, -0.15) is 0 Å². The molecule has 0 saturated heterocycles. The van der Waals surface area contributed by atoms with Crippen LogP contribution in [-0.2, 0) is 0 Å². The Hall–Kier alpha value is -0.980. The van der Waals surface area contributed by atoms with Crippen molar-refractivity contribution in [3.05, 3.63) is 29.8 Å². The molecular weight excluding hydrogens is 184 g/mol. The van der Waals surface area contributed by atoms with E-state index in [0.29, 0.717) is 12.0 Å². The first kappa shape index (κ1) is 10.5. The number of hydrogen-bond acceptors (Lipinski definition) is 1. The maximum atomic E-state index is 6.01. The highest BCUT2D eigenvalue weighted by Crippen LogP contribution is 2.33. The molecule has 0 N–H and O–H groups in total. The van der Waals surface area contributed by atoms with Gasteiger partial charge in [-0.3, -0.25) is 0 Å². The van der Waals surface area contributed by atoms with Crippen LogP contribution in [0.25, 0.3) is 0 Å². The fraction of sp³-hybridized carbons (Fsp3) is 0.571. The standard InChI is InChI=1S/C14H20O/c1-10(2)13-6-4-5-7-14(13)15-12-8-11(3)9-12/h4-7,10-12H,8-9H2,1-3H3. The van der Waals surface area contributed by atoms with Crippen LogP contribution in [0.2, 0.25) is 0 Å². The summed E-state index contributed by atoms with van der Waals surface area (Å²) in [6, 6.07) is 8.41. The SMILES string of the molecule is CC1CC(Oc2ccccc2C(C)C)C1. The quantitative estimate of drug-likeness (QED) is 0.723. The Morgan fingerprint density at radius 1 is 1.20 bits per heavy atom. The number of para-hydroxylation sites is 1. The molecule has 0 aromatic heterocycles. The molecule has 1 fully saturated rings. The van der Waals surface area contributed by atoms with Crippen molar-refractivity contribution in [2.24, 2.45) is 5.92 Å². The lowest BCUT2D eigenvalue weighted by Crippen LogP contribution is -2.32. The average molecular weight is 204 g/mol. The molecule has 1 aromatic carbocycles. The van der Waals surface area contributed by atoms with Gasteiger partial charge in [0.1, 0.15) is 5.75 Å². The van der Waals surface area contributed by atoms with Crippen molar-refractivity contribution in [1.82, 2.24) is 0 Å². The van der Waals surface area contributed by atoms with Crippen molar-refractivity contribution in [2.75, 3.05) is 0 Å². The predicted octanol–water partition coefficient (Wildman–Crippen LogP) is 3.99. The summed E-state index contributed by atoms with van der Waals surface area (Å²) >= 11 is 0. The molecule has 0 amide bonds. The zero-order valence-electron chi connectivity index (χ0n) is 9.86. The molecule has 0 radical (unpaired) electrons. The maximum Gasteiger partial charge on any atom is 0.123 e. The minimum atomic E-state index is 0.458. The average Bonchev–Trinajstić information content (AvgIpc) is 2.16. The van der Waals surface area contributed by atoms with Crippen LogP contribution >= 0.6 is 0 Å². The minimum absolute atomic E-state index is 0.458. The molecule has 1 aromatic rings. The lowest BCUT2D eigenvalue weighted by atomic mass is 9.84. The summed E-state index contributed by atoms with van der Waals surface area (Å²) in [5.74, 6) is 2.48. The Labute approximate surface area is 92.5 Å². The lowest BCUT2D eigenvalue weighted by Gasteiger charge is -2.33. The van der Waals surface area contributed by atoms with Gasteiger partial charge in [0, 0.05) is 0 Å². The van der Waals surface area contributed by atoms with Gasteiger partial charge in [-0.15, -0.1) is 0 Å². The molecule has 0 atom stereocenters. The molecule has 0 aliphatic heterocycles. The molecule has 0 spiro atoms. The Balaban J connectivity index is 2.07. The zero-order valence-corrected chi connectivity index (χ0v) is 9.86.